The molecule has 0 bridgehead atoms. The molecule has 4 rings (SSSR count). The fourth-order valence-corrected chi connectivity index (χ4v) is 4.69. The molecule has 38 heavy (non-hydrogen) atoms. The lowest BCUT2D eigenvalue weighted by atomic mass is 10.1. The van der Waals surface area contributed by atoms with Gasteiger partial charge in [0.05, 0.1) is 6.04 Å². The molecule has 5 nitrogen and oxygen atoms in total. The van der Waals surface area contributed by atoms with Gasteiger partial charge >= 0.3 is 0 Å². The molecule has 0 saturated carbocycles. The van der Waals surface area contributed by atoms with Crippen LogP contribution in [0, 0.1) is 25.2 Å². The molecule has 1 aromatic heterocycles. The lowest BCUT2D eigenvalue weighted by Crippen LogP contribution is -2.27. The Hall–Kier alpha value is -3.98. The van der Waals surface area contributed by atoms with Gasteiger partial charge in [0.2, 0.25) is 0 Å². The third-order valence-corrected chi connectivity index (χ3v) is 6.87. The van der Waals surface area contributed by atoms with Crippen LogP contribution in [0.25, 0.3) is 11.8 Å². The molecule has 192 valence electrons. The Kier molecular flexibility index (Phi) is 8.58. The summed E-state index contributed by atoms with van der Waals surface area (Å²) in [6, 6.07) is 26.5. The summed E-state index contributed by atoms with van der Waals surface area (Å²) in [4.78, 5) is 12.8. The largest absolute Gasteiger partial charge is 0.489 e. The molecule has 0 aliphatic carbocycles. The summed E-state index contributed by atoms with van der Waals surface area (Å²) in [5, 5.41) is 13.8. The Morgan fingerprint density at radius 2 is 1.76 bits per heavy atom. The third kappa shape index (κ3) is 6.28. The number of aryl methyl sites for hydroxylation is 1. The number of carbonyl (C=O) groups is 1. The van der Waals surface area contributed by atoms with Crippen molar-refractivity contribution in [1.29, 1.82) is 5.26 Å². The first-order chi connectivity index (χ1) is 18.3. The third-order valence-electron chi connectivity index (χ3n) is 6.29. The van der Waals surface area contributed by atoms with Crippen LogP contribution in [0.2, 0.25) is 10.0 Å². The maximum absolute atomic E-state index is 12.8. The number of amides is 1. The van der Waals surface area contributed by atoms with Crippen molar-refractivity contribution < 1.29 is 9.53 Å². The van der Waals surface area contributed by atoms with Crippen molar-refractivity contribution in [2.24, 2.45) is 0 Å². The van der Waals surface area contributed by atoms with E-state index in [-0.39, 0.29) is 11.6 Å². The molecule has 1 atom stereocenters. The Morgan fingerprint density at radius 1 is 1.05 bits per heavy atom. The standard InChI is InChI=1S/C31H27Cl2N3O2/c1-20-15-25(16-26(18-34)31(37)35-21(2)23-7-5-4-6-8-23)22(3)36(20)28-11-13-29(14-12-28)38-19-24-9-10-27(32)17-30(24)33/h4-17,21H,19H2,1-3H3,(H,35,37)/b26-16-/t21-/m1/s1. The Balaban J connectivity index is 1.49. The SMILES string of the molecule is Cc1cc(/C=C(/C#N)C(=O)N[C@H](C)c2ccccc2)c(C)n1-c1ccc(OCc2ccc(Cl)cc2Cl)cc1. The number of rotatable bonds is 8. The van der Waals surface area contributed by atoms with Crippen LogP contribution >= 0.6 is 23.2 Å². The van der Waals surface area contributed by atoms with E-state index in [4.69, 9.17) is 27.9 Å². The second-order valence-electron chi connectivity index (χ2n) is 8.96. The van der Waals surface area contributed by atoms with E-state index in [9.17, 15) is 10.1 Å². The maximum atomic E-state index is 12.8. The van der Waals surface area contributed by atoms with Crippen LogP contribution in [0.5, 0.6) is 5.75 Å². The zero-order chi connectivity index (χ0) is 27.2. The van der Waals surface area contributed by atoms with Crippen LogP contribution < -0.4 is 10.1 Å². The van der Waals surface area contributed by atoms with Gasteiger partial charge in [-0.1, -0.05) is 59.6 Å². The van der Waals surface area contributed by atoms with Crippen LogP contribution in [-0.4, -0.2) is 10.5 Å². The maximum Gasteiger partial charge on any atom is 0.262 e. The predicted molar refractivity (Wildman–Crippen MR) is 153 cm³/mol. The van der Waals surface area contributed by atoms with Gasteiger partial charge in [-0.3, -0.25) is 4.79 Å². The lowest BCUT2D eigenvalue weighted by Gasteiger charge is -2.14. The smallest absolute Gasteiger partial charge is 0.262 e. The number of benzene rings is 3. The Bertz CT molecular complexity index is 1520. The number of halogens is 2. The topological polar surface area (TPSA) is 67.0 Å². The van der Waals surface area contributed by atoms with E-state index >= 15 is 0 Å². The van der Waals surface area contributed by atoms with Gasteiger partial charge < -0.3 is 14.6 Å². The highest BCUT2D eigenvalue weighted by atomic mass is 35.5. The number of nitrogens with zero attached hydrogens (tertiary/aromatic N) is 2. The van der Waals surface area contributed by atoms with Crippen molar-refractivity contribution in [3.8, 4) is 17.5 Å². The quantitative estimate of drug-likeness (QED) is 0.182. The van der Waals surface area contributed by atoms with Crippen molar-refractivity contribution >= 4 is 35.2 Å². The molecule has 1 N–H and O–H groups in total. The average Bonchev–Trinajstić information content (AvgIpc) is 3.19. The normalized spacial score (nSPS) is 12.1. The summed E-state index contributed by atoms with van der Waals surface area (Å²) in [5.74, 6) is 0.300. The van der Waals surface area contributed by atoms with E-state index in [0.717, 1.165) is 33.8 Å². The van der Waals surface area contributed by atoms with Gasteiger partial charge in [0.25, 0.3) is 5.91 Å². The minimum Gasteiger partial charge on any atom is -0.489 e. The molecule has 7 heteroatoms. The summed E-state index contributed by atoms with van der Waals surface area (Å²) in [6.07, 6.45) is 1.64. The van der Waals surface area contributed by atoms with E-state index in [1.807, 2.05) is 87.5 Å². The van der Waals surface area contributed by atoms with Crippen LogP contribution in [0.15, 0.2) is 84.4 Å². The minimum atomic E-state index is -0.407. The second kappa shape index (κ2) is 12.0. The summed E-state index contributed by atoms with van der Waals surface area (Å²) >= 11 is 12.2. The highest BCUT2D eigenvalue weighted by Crippen LogP contribution is 2.26. The minimum absolute atomic E-state index is 0.0534. The van der Waals surface area contributed by atoms with E-state index < -0.39 is 5.91 Å². The number of ether oxygens (including phenoxy) is 1. The van der Waals surface area contributed by atoms with Crippen LogP contribution in [-0.2, 0) is 11.4 Å². The zero-order valence-electron chi connectivity index (χ0n) is 21.3. The van der Waals surface area contributed by atoms with E-state index in [1.54, 1.807) is 18.2 Å². The molecular formula is C31H27Cl2N3O2. The first-order valence-corrected chi connectivity index (χ1v) is 12.9. The van der Waals surface area contributed by atoms with Crippen molar-refractivity contribution in [2.75, 3.05) is 0 Å². The van der Waals surface area contributed by atoms with Gasteiger partial charge in [-0.2, -0.15) is 5.26 Å². The number of carbonyl (C=O) groups excluding carboxylic acids is 1. The second-order valence-corrected chi connectivity index (χ2v) is 9.80. The Morgan fingerprint density at radius 3 is 2.42 bits per heavy atom. The highest BCUT2D eigenvalue weighted by molar-refractivity contribution is 6.35. The predicted octanol–water partition coefficient (Wildman–Crippen LogP) is 7.76. The van der Waals surface area contributed by atoms with Gasteiger partial charge in [0.1, 0.15) is 24.0 Å². The molecule has 3 aromatic carbocycles. The van der Waals surface area contributed by atoms with Crippen molar-refractivity contribution in [3.63, 3.8) is 0 Å². The summed E-state index contributed by atoms with van der Waals surface area (Å²) in [7, 11) is 0. The fourth-order valence-electron chi connectivity index (χ4n) is 4.23. The number of nitriles is 1. The molecule has 1 heterocycles. The molecule has 0 spiro atoms. The summed E-state index contributed by atoms with van der Waals surface area (Å²) in [5.41, 5.74) is 5.52. The van der Waals surface area contributed by atoms with E-state index in [1.165, 1.54) is 0 Å². The van der Waals surface area contributed by atoms with Crippen LogP contribution in [0.1, 0.15) is 41.0 Å². The van der Waals surface area contributed by atoms with E-state index in [2.05, 4.69) is 16.0 Å². The van der Waals surface area contributed by atoms with Gasteiger partial charge in [-0.15, -0.1) is 0 Å². The van der Waals surface area contributed by atoms with Gasteiger partial charge in [0.15, 0.2) is 0 Å². The molecular weight excluding hydrogens is 517 g/mol. The Labute approximate surface area is 232 Å². The van der Waals surface area contributed by atoms with Crippen LogP contribution in [0.3, 0.4) is 0 Å². The van der Waals surface area contributed by atoms with Crippen molar-refractivity contribution in [2.45, 2.75) is 33.4 Å². The molecule has 1 amide bonds. The molecule has 0 radical (unpaired) electrons. The van der Waals surface area contributed by atoms with Gasteiger partial charge in [0, 0.05) is 32.7 Å². The monoisotopic (exact) mass is 543 g/mol. The molecule has 0 fully saturated rings. The molecule has 0 aliphatic heterocycles. The zero-order valence-corrected chi connectivity index (χ0v) is 22.8. The number of hydrogen-bond acceptors (Lipinski definition) is 3. The number of hydrogen-bond donors (Lipinski definition) is 1. The molecule has 0 saturated heterocycles. The van der Waals surface area contributed by atoms with Gasteiger partial charge in [-0.05, 0) is 80.4 Å². The van der Waals surface area contributed by atoms with Crippen LogP contribution in [0.4, 0.5) is 0 Å². The number of aromatic nitrogens is 1. The fraction of sp³-hybridized carbons (Fsp3) is 0.161. The molecule has 0 unspecified atom stereocenters. The summed E-state index contributed by atoms with van der Waals surface area (Å²) < 4.78 is 7.97. The highest BCUT2D eigenvalue weighted by Gasteiger charge is 2.16. The van der Waals surface area contributed by atoms with E-state index in [0.29, 0.717) is 22.4 Å². The molecule has 0 aliphatic rings. The molecule has 4 aromatic rings. The van der Waals surface area contributed by atoms with Crippen molar-refractivity contribution in [3.05, 3.63) is 123 Å². The summed E-state index contributed by atoms with van der Waals surface area (Å²) in [6.45, 7) is 6.17. The lowest BCUT2D eigenvalue weighted by molar-refractivity contribution is -0.117. The number of nitrogens with one attached hydrogen (secondary N) is 1. The van der Waals surface area contributed by atoms with Gasteiger partial charge in [-0.25, -0.2) is 0 Å². The first kappa shape index (κ1) is 27.1. The first-order valence-electron chi connectivity index (χ1n) is 12.1. The average molecular weight is 544 g/mol. The van der Waals surface area contributed by atoms with Crippen molar-refractivity contribution in [1.82, 2.24) is 9.88 Å².